The number of aliphatic carboxylic acids is 1. The maximum absolute atomic E-state index is 14.3. The number of fused-ring (bicyclic) bond motifs is 7. The van der Waals surface area contributed by atoms with Crippen molar-refractivity contribution in [2.24, 2.45) is 56.2 Å². The molecule has 8 heteroatoms. The van der Waals surface area contributed by atoms with Gasteiger partial charge in [0.25, 0.3) is 0 Å². The van der Waals surface area contributed by atoms with Crippen LogP contribution in [0.4, 0.5) is 0 Å². The van der Waals surface area contributed by atoms with Gasteiger partial charge in [-0.15, -0.1) is 0 Å². The molecule has 0 amide bonds. The molecule has 6 rings (SSSR count). The van der Waals surface area contributed by atoms with Crippen LogP contribution in [-0.2, 0) is 19.1 Å². The van der Waals surface area contributed by atoms with Crippen molar-refractivity contribution < 1.29 is 24.2 Å². The summed E-state index contributed by atoms with van der Waals surface area (Å²) in [6.45, 7) is 25.4. The van der Waals surface area contributed by atoms with E-state index in [1.807, 2.05) is 12.4 Å². The third-order valence-electron chi connectivity index (χ3n) is 17.4. The molecule has 4 fully saturated rings. The Labute approximate surface area is 339 Å². The molecule has 9 unspecified atom stereocenters. The number of rotatable bonds is 13. The summed E-state index contributed by atoms with van der Waals surface area (Å²) in [5.74, 6) is 0.628. The topological polar surface area (TPSA) is 100 Å². The number of ether oxygens (including phenoxy) is 1. The zero-order chi connectivity index (χ0) is 41.2. The number of carbonyl (C=O) groups excluding carboxylic acids is 2. The van der Waals surface area contributed by atoms with Gasteiger partial charge < -0.3 is 14.7 Å². The summed E-state index contributed by atoms with van der Waals surface area (Å²) in [6.07, 6.45) is 13.8. The molecule has 8 nitrogen and oxygen atoms in total. The van der Waals surface area contributed by atoms with E-state index in [2.05, 4.69) is 96.4 Å². The first kappa shape index (κ1) is 43.0. The van der Waals surface area contributed by atoms with Crippen LogP contribution in [0.1, 0.15) is 151 Å². The fourth-order valence-corrected chi connectivity index (χ4v) is 13.9. The fraction of sp³-hybridized carbons (Fsp3) is 0.792. The zero-order valence-electron chi connectivity index (χ0n) is 37.1. The zero-order valence-corrected chi connectivity index (χ0v) is 37.1. The number of aromatic nitrogens is 1. The maximum Gasteiger partial charge on any atom is 0.309 e. The van der Waals surface area contributed by atoms with Crippen molar-refractivity contribution in [1.82, 2.24) is 14.8 Å². The molecule has 0 spiro atoms. The molecule has 1 aromatic rings. The van der Waals surface area contributed by atoms with Crippen molar-refractivity contribution in [2.75, 3.05) is 33.7 Å². The van der Waals surface area contributed by atoms with E-state index in [0.717, 1.165) is 71.0 Å². The number of carboxylic acid groups (broad SMARTS) is 1. The summed E-state index contributed by atoms with van der Waals surface area (Å²) in [5.41, 5.74) is 2.92. The second kappa shape index (κ2) is 15.2. The van der Waals surface area contributed by atoms with E-state index in [9.17, 15) is 19.5 Å². The Kier molecular flexibility index (Phi) is 11.7. The average molecular weight is 774 g/mol. The van der Waals surface area contributed by atoms with E-state index in [-0.39, 0.29) is 51.6 Å². The van der Waals surface area contributed by atoms with E-state index in [0.29, 0.717) is 30.0 Å². The number of allylic oxidation sites excluding steroid dienone is 2. The number of hydrogen-bond donors (Lipinski definition) is 1. The third-order valence-corrected chi connectivity index (χ3v) is 17.4. The molecule has 0 aromatic carbocycles. The van der Waals surface area contributed by atoms with Crippen molar-refractivity contribution in [3.8, 4) is 0 Å². The molecule has 4 saturated carbocycles. The van der Waals surface area contributed by atoms with Gasteiger partial charge in [0.05, 0.1) is 11.8 Å². The van der Waals surface area contributed by atoms with Crippen LogP contribution in [-0.4, -0.2) is 77.4 Å². The van der Waals surface area contributed by atoms with Crippen molar-refractivity contribution >= 4 is 17.7 Å². The summed E-state index contributed by atoms with van der Waals surface area (Å²) in [7, 11) is 4.30. The minimum absolute atomic E-state index is 0.0708. The highest BCUT2D eigenvalue weighted by molar-refractivity contribution is 6.00. The number of nitrogens with zero attached hydrogens (tertiary/aromatic N) is 3. The molecule has 5 aliphatic carbocycles. The van der Waals surface area contributed by atoms with E-state index < -0.39 is 17.4 Å². The van der Waals surface area contributed by atoms with Gasteiger partial charge in [0.2, 0.25) is 0 Å². The number of carbonyl (C=O) groups is 3. The van der Waals surface area contributed by atoms with Gasteiger partial charge >= 0.3 is 11.9 Å². The van der Waals surface area contributed by atoms with E-state index in [1.165, 1.54) is 17.6 Å². The molecule has 5 aliphatic rings. The minimum atomic E-state index is -1.15. The van der Waals surface area contributed by atoms with Gasteiger partial charge in [0.15, 0.2) is 5.78 Å². The molecule has 0 bridgehead atoms. The van der Waals surface area contributed by atoms with Crippen LogP contribution in [0, 0.1) is 56.2 Å². The van der Waals surface area contributed by atoms with E-state index in [4.69, 9.17) is 4.74 Å². The molecule has 0 aliphatic heterocycles. The van der Waals surface area contributed by atoms with Crippen LogP contribution >= 0.6 is 0 Å². The molecule has 56 heavy (non-hydrogen) atoms. The number of carboxylic acids is 1. The van der Waals surface area contributed by atoms with Gasteiger partial charge in [0.1, 0.15) is 6.10 Å². The Bertz CT molecular complexity index is 1680. The van der Waals surface area contributed by atoms with Gasteiger partial charge in [-0.1, -0.05) is 54.0 Å². The van der Waals surface area contributed by atoms with E-state index >= 15 is 0 Å². The van der Waals surface area contributed by atoms with Crippen molar-refractivity contribution in [3.05, 3.63) is 41.2 Å². The second-order valence-corrected chi connectivity index (χ2v) is 21.7. The Hall–Kier alpha value is -2.58. The number of esters is 1. The van der Waals surface area contributed by atoms with E-state index in [1.54, 1.807) is 19.4 Å². The second-order valence-electron chi connectivity index (χ2n) is 21.7. The largest absolute Gasteiger partial charge is 0.481 e. The first-order valence-electron chi connectivity index (χ1n) is 22.0. The number of ketones is 1. The van der Waals surface area contributed by atoms with Crippen molar-refractivity contribution in [3.63, 3.8) is 0 Å². The smallest absolute Gasteiger partial charge is 0.309 e. The molecule has 0 saturated heterocycles. The van der Waals surface area contributed by atoms with Crippen molar-refractivity contribution in [2.45, 2.75) is 152 Å². The predicted octanol–water partition coefficient (Wildman–Crippen LogP) is 9.79. The fourth-order valence-electron chi connectivity index (χ4n) is 13.9. The lowest BCUT2D eigenvalue weighted by Gasteiger charge is -2.72. The Balaban J connectivity index is 1.27. The van der Waals surface area contributed by atoms with Crippen LogP contribution in [0.15, 0.2) is 35.7 Å². The lowest BCUT2D eigenvalue weighted by atomic mass is 9.33. The monoisotopic (exact) mass is 774 g/mol. The van der Waals surface area contributed by atoms with Gasteiger partial charge in [-0.3, -0.25) is 24.3 Å². The predicted molar refractivity (Wildman–Crippen MR) is 223 cm³/mol. The summed E-state index contributed by atoms with van der Waals surface area (Å²) >= 11 is 0. The van der Waals surface area contributed by atoms with Gasteiger partial charge in [-0.25, -0.2) is 0 Å². The minimum Gasteiger partial charge on any atom is -0.481 e. The number of likely N-dealkylation sites (N-methyl/N-ethyl adjacent to an activating group) is 1. The SMILES string of the molecule is CC(C)C1=C2C3CCC4C5(C)CCC(OC(=O)CC(C)(C)C(=O)O)C(C)(C)C5CCC4(C)C3(C)CCC2(CCN(CCN(C)C)C(C)c2ccncc2)CC1=O. The van der Waals surface area contributed by atoms with Crippen LogP contribution in [0.5, 0.6) is 0 Å². The number of pyridine rings is 1. The van der Waals surface area contributed by atoms with Crippen LogP contribution in [0.3, 0.4) is 0 Å². The Morgan fingerprint density at radius 2 is 1.57 bits per heavy atom. The lowest BCUT2D eigenvalue weighted by molar-refractivity contribution is -0.233. The maximum atomic E-state index is 14.3. The normalized spacial score (nSPS) is 35.9. The first-order chi connectivity index (χ1) is 26.0. The summed E-state index contributed by atoms with van der Waals surface area (Å²) in [5, 5.41) is 9.65. The first-order valence-corrected chi connectivity index (χ1v) is 22.0. The number of Topliss-reactive ketones (excluding diaryl/α,β-unsaturated/α-hetero) is 1. The molecule has 1 N–H and O–H groups in total. The van der Waals surface area contributed by atoms with Crippen molar-refractivity contribution in [1.29, 1.82) is 0 Å². The lowest BCUT2D eigenvalue weighted by Crippen LogP contribution is -2.65. The molecule has 0 radical (unpaired) electrons. The third kappa shape index (κ3) is 7.13. The Morgan fingerprint density at radius 3 is 2.20 bits per heavy atom. The van der Waals surface area contributed by atoms with Crippen LogP contribution < -0.4 is 0 Å². The Morgan fingerprint density at radius 1 is 0.893 bits per heavy atom. The molecule has 1 heterocycles. The highest BCUT2D eigenvalue weighted by Gasteiger charge is 2.70. The molecular formula is C48H75N3O5. The van der Waals surface area contributed by atoms with Gasteiger partial charge in [-0.2, -0.15) is 0 Å². The molecule has 1 aromatic heterocycles. The number of hydrogen-bond acceptors (Lipinski definition) is 7. The summed E-state index contributed by atoms with van der Waals surface area (Å²) in [4.78, 5) is 48.5. The quantitative estimate of drug-likeness (QED) is 0.198. The molecular weight excluding hydrogens is 699 g/mol. The molecule has 312 valence electrons. The highest BCUT2D eigenvalue weighted by Crippen LogP contribution is 2.77. The average Bonchev–Trinajstić information content (AvgIpc) is 3.41. The highest BCUT2D eigenvalue weighted by atomic mass is 16.5. The standard InChI is InChI=1S/C48H75N3O5/c1-31(2)40-35(52)29-48(23-26-51(28-27-50(11)12)32(3)33-17-24-49-25-18-33)22-21-46(9)34(41(40)48)13-14-37-45(8)19-16-38(56-39(53)30-43(4,5)42(54)55)44(6,7)36(45)15-20-47(37,46)10/h17-18,24-25,31-32,34,36-38H,13-16,19-23,26-30H2,1-12H3,(H,54,55). The van der Waals surface area contributed by atoms with Crippen LogP contribution in [0.2, 0.25) is 0 Å². The van der Waals surface area contributed by atoms with Gasteiger partial charge in [-0.05, 0) is 162 Å². The molecule has 9 atom stereocenters. The van der Waals surface area contributed by atoms with Crippen LogP contribution in [0.25, 0.3) is 0 Å². The summed E-state index contributed by atoms with van der Waals surface area (Å²) in [6, 6.07) is 4.56. The summed E-state index contributed by atoms with van der Waals surface area (Å²) < 4.78 is 6.21. The van der Waals surface area contributed by atoms with Gasteiger partial charge in [0, 0.05) is 48.8 Å².